The molecule has 0 aliphatic rings. The van der Waals surface area contributed by atoms with E-state index in [0.717, 1.165) is 21.5 Å². The average molecular weight is 482 g/mol. The van der Waals surface area contributed by atoms with Gasteiger partial charge in [-0.2, -0.15) is 0 Å². The lowest BCUT2D eigenvalue weighted by Gasteiger charge is -2.22. The number of rotatable bonds is 4. The fourth-order valence-electron chi connectivity index (χ4n) is 4.51. The zero-order valence-electron chi connectivity index (χ0n) is 18.2. The predicted molar refractivity (Wildman–Crippen MR) is 132 cm³/mol. The lowest BCUT2D eigenvalue weighted by molar-refractivity contribution is -0.401. The third kappa shape index (κ3) is 3.18. The molecule has 176 valence electrons. The lowest BCUT2D eigenvalue weighted by Crippen LogP contribution is -2.31. The number of benzene rings is 4. The summed E-state index contributed by atoms with van der Waals surface area (Å²) in [5, 5.41) is 26.3. The van der Waals surface area contributed by atoms with Gasteiger partial charge in [-0.25, -0.2) is 4.79 Å². The number of furan rings is 2. The Hall–Kier alpha value is -5.45. The highest BCUT2D eigenvalue weighted by molar-refractivity contribution is 6.11. The third-order valence-corrected chi connectivity index (χ3v) is 6.07. The van der Waals surface area contributed by atoms with Crippen molar-refractivity contribution >= 4 is 72.7 Å². The molecular formula is C25H14N4O7. The Morgan fingerprint density at radius 1 is 0.667 bits per heavy atom. The van der Waals surface area contributed by atoms with Gasteiger partial charge in [0.15, 0.2) is 0 Å². The van der Waals surface area contributed by atoms with E-state index in [0.29, 0.717) is 33.3 Å². The Balaban J connectivity index is 1.47. The number of fused-ring (bicyclic) bond motifs is 6. The number of hydrogen-bond donors (Lipinski definition) is 1. The van der Waals surface area contributed by atoms with Gasteiger partial charge in [0.25, 0.3) is 0 Å². The average Bonchev–Trinajstić information content (AvgIpc) is 3.49. The van der Waals surface area contributed by atoms with Crippen molar-refractivity contribution < 1.29 is 23.5 Å². The summed E-state index contributed by atoms with van der Waals surface area (Å²) in [6.07, 6.45) is 0. The standard InChI is InChI=1S/C25H14N4O7/c26-25(30)27(15-3-5-17-13(9-15)1-7-21-19(17)11-23(35-21)28(31)32)16-4-6-18-14(10-16)2-8-22-20(18)12-24(36-22)29(33)34/h1-12H,(H2,26,30). The first kappa shape index (κ1) is 21.1. The Kier molecular flexibility index (Phi) is 4.42. The number of hydrogen-bond acceptors (Lipinski definition) is 7. The fourth-order valence-corrected chi connectivity index (χ4v) is 4.51. The van der Waals surface area contributed by atoms with Gasteiger partial charge in [-0.15, -0.1) is 0 Å². The number of amides is 2. The Bertz CT molecular complexity index is 1770. The van der Waals surface area contributed by atoms with Gasteiger partial charge in [0.05, 0.1) is 23.5 Å². The zero-order chi connectivity index (χ0) is 25.1. The van der Waals surface area contributed by atoms with Crippen LogP contribution in [0.15, 0.2) is 81.6 Å². The van der Waals surface area contributed by atoms with Gasteiger partial charge in [-0.3, -0.25) is 25.1 Å². The second-order valence-electron chi connectivity index (χ2n) is 8.12. The van der Waals surface area contributed by atoms with Crippen molar-refractivity contribution in [2.24, 2.45) is 5.73 Å². The van der Waals surface area contributed by atoms with E-state index < -0.39 is 15.9 Å². The molecule has 0 atom stereocenters. The molecule has 2 heterocycles. The monoisotopic (exact) mass is 482 g/mol. The molecule has 0 spiro atoms. The van der Waals surface area contributed by atoms with E-state index in [1.807, 2.05) is 0 Å². The Labute approximate surface area is 200 Å². The normalized spacial score (nSPS) is 11.4. The smallest absolute Gasteiger partial charge is 0.401 e. The molecule has 0 aliphatic heterocycles. The van der Waals surface area contributed by atoms with Gasteiger partial charge in [-0.05, 0) is 57.9 Å². The predicted octanol–water partition coefficient (Wildman–Crippen LogP) is 6.52. The van der Waals surface area contributed by atoms with Crippen molar-refractivity contribution in [2.45, 2.75) is 0 Å². The maximum atomic E-state index is 12.5. The van der Waals surface area contributed by atoms with E-state index >= 15 is 0 Å². The van der Waals surface area contributed by atoms with E-state index in [2.05, 4.69) is 0 Å². The highest BCUT2D eigenvalue weighted by atomic mass is 16.7. The van der Waals surface area contributed by atoms with Crippen molar-refractivity contribution in [1.29, 1.82) is 0 Å². The molecule has 11 nitrogen and oxygen atoms in total. The summed E-state index contributed by atoms with van der Waals surface area (Å²) in [7, 11) is 0. The molecule has 2 aromatic heterocycles. The quantitative estimate of drug-likeness (QED) is 0.221. The van der Waals surface area contributed by atoms with Crippen molar-refractivity contribution in [1.82, 2.24) is 0 Å². The summed E-state index contributed by atoms with van der Waals surface area (Å²) >= 11 is 0. The first-order chi connectivity index (χ1) is 17.3. The molecule has 0 saturated carbocycles. The number of carbonyl (C=O) groups is 1. The summed E-state index contributed by atoms with van der Waals surface area (Å²) < 4.78 is 10.6. The molecule has 0 aliphatic carbocycles. The van der Waals surface area contributed by atoms with Crippen LogP contribution in [-0.2, 0) is 0 Å². The largest absolute Gasteiger partial charge is 0.434 e. The Morgan fingerprint density at radius 2 is 1.11 bits per heavy atom. The maximum absolute atomic E-state index is 12.5. The van der Waals surface area contributed by atoms with Crippen LogP contribution in [0.25, 0.3) is 43.5 Å². The van der Waals surface area contributed by atoms with Crippen LogP contribution in [0.2, 0.25) is 0 Å². The number of carbonyl (C=O) groups excluding carboxylic acids is 1. The zero-order valence-corrected chi connectivity index (χ0v) is 18.2. The fraction of sp³-hybridized carbons (Fsp3) is 0. The van der Waals surface area contributed by atoms with Gasteiger partial charge in [-0.1, -0.05) is 24.3 Å². The third-order valence-electron chi connectivity index (χ3n) is 6.07. The first-order valence-corrected chi connectivity index (χ1v) is 10.6. The summed E-state index contributed by atoms with van der Waals surface area (Å²) in [5.41, 5.74) is 7.50. The van der Waals surface area contributed by atoms with Gasteiger partial charge in [0, 0.05) is 10.8 Å². The van der Waals surface area contributed by atoms with Gasteiger partial charge in [0.1, 0.15) is 21.0 Å². The first-order valence-electron chi connectivity index (χ1n) is 10.6. The van der Waals surface area contributed by atoms with E-state index in [4.69, 9.17) is 14.6 Å². The molecule has 0 radical (unpaired) electrons. The molecular weight excluding hydrogens is 468 g/mol. The van der Waals surface area contributed by atoms with Crippen molar-refractivity contribution in [2.75, 3.05) is 4.90 Å². The minimum atomic E-state index is -0.714. The SMILES string of the molecule is NC(=O)N(c1ccc2c(ccc3oc([N+](=O)[O-])cc32)c1)c1ccc2c(ccc3oc([N+](=O)[O-])cc32)c1. The number of nitrogens with zero attached hydrogens (tertiary/aromatic N) is 3. The van der Waals surface area contributed by atoms with Crippen LogP contribution in [-0.4, -0.2) is 15.9 Å². The minimum Gasteiger partial charge on any atom is -0.401 e. The maximum Gasteiger partial charge on any atom is 0.434 e. The van der Waals surface area contributed by atoms with Gasteiger partial charge < -0.3 is 14.6 Å². The molecule has 2 N–H and O–H groups in total. The van der Waals surface area contributed by atoms with Crippen LogP contribution >= 0.6 is 0 Å². The summed E-state index contributed by atoms with van der Waals surface area (Å²) in [6.45, 7) is 0. The molecule has 0 unspecified atom stereocenters. The van der Waals surface area contributed by atoms with Crippen LogP contribution in [0, 0.1) is 20.2 Å². The topological polar surface area (TPSA) is 159 Å². The molecule has 6 aromatic rings. The molecule has 6 rings (SSSR count). The minimum absolute atomic E-state index is 0.353. The number of urea groups is 1. The number of primary amides is 1. The molecule has 0 bridgehead atoms. The summed E-state index contributed by atoms with van der Waals surface area (Å²) in [5.74, 6) is -0.706. The van der Waals surface area contributed by atoms with Crippen LogP contribution in [0.4, 0.5) is 27.9 Å². The molecule has 4 aromatic carbocycles. The van der Waals surface area contributed by atoms with Crippen LogP contribution in [0.3, 0.4) is 0 Å². The van der Waals surface area contributed by atoms with Crippen LogP contribution in [0.5, 0.6) is 0 Å². The second kappa shape index (κ2) is 7.53. The Morgan fingerprint density at radius 3 is 1.50 bits per heavy atom. The lowest BCUT2D eigenvalue weighted by atomic mass is 10.0. The summed E-state index contributed by atoms with van der Waals surface area (Å²) in [4.78, 5) is 34.9. The van der Waals surface area contributed by atoms with Gasteiger partial charge in [0.2, 0.25) is 0 Å². The number of nitrogens with two attached hydrogens (primary N) is 1. The highest BCUT2D eigenvalue weighted by Crippen LogP contribution is 2.37. The molecule has 2 amide bonds. The van der Waals surface area contributed by atoms with Crippen molar-refractivity contribution in [3.63, 3.8) is 0 Å². The molecule has 36 heavy (non-hydrogen) atoms. The van der Waals surface area contributed by atoms with Gasteiger partial charge >= 0.3 is 17.8 Å². The van der Waals surface area contributed by atoms with E-state index in [9.17, 15) is 25.0 Å². The van der Waals surface area contributed by atoms with E-state index in [-0.39, 0.29) is 11.8 Å². The molecule has 0 saturated heterocycles. The molecule has 11 heteroatoms. The van der Waals surface area contributed by atoms with E-state index in [1.165, 1.54) is 17.0 Å². The second-order valence-corrected chi connectivity index (χ2v) is 8.12. The van der Waals surface area contributed by atoms with E-state index in [1.54, 1.807) is 60.7 Å². The van der Waals surface area contributed by atoms with Crippen molar-refractivity contribution in [3.05, 3.63) is 93.0 Å². The molecule has 0 fully saturated rings. The van der Waals surface area contributed by atoms with Crippen LogP contribution < -0.4 is 10.6 Å². The highest BCUT2D eigenvalue weighted by Gasteiger charge is 2.20. The van der Waals surface area contributed by atoms with Crippen molar-refractivity contribution in [3.8, 4) is 0 Å². The number of nitro groups is 2. The number of anilines is 2. The van der Waals surface area contributed by atoms with Crippen LogP contribution in [0.1, 0.15) is 0 Å². The summed E-state index contributed by atoms with van der Waals surface area (Å²) in [6, 6.07) is 19.2.